The van der Waals surface area contributed by atoms with Crippen LogP contribution in [-0.4, -0.2) is 49.1 Å². The molecule has 2 aliphatic rings. The Morgan fingerprint density at radius 3 is 2.38 bits per heavy atom. The minimum Gasteiger partial charge on any atom is -0.469 e. The van der Waals surface area contributed by atoms with E-state index >= 15 is 0 Å². The molecule has 5 nitrogen and oxygen atoms in total. The predicted molar refractivity (Wildman–Crippen MR) is 80.8 cm³/mol. The Kier molecular flexibility index (Phi) is 6.03. The predicted octanol–water partition coefficient (Wildman–Crippen LogP) is 1.71. The summed E-state index contributed by atoms with van der Waals surface area (Å²) in [7, 11) is 1.43. The molecule has 0 aromatic carbocycles. The van der Waals surface area contributed by atoms with Crippen molar-refractivity contribution in [1.29, 1.82) is 0 Å². The lowest BCUT2D eigenvalue weighted by molar-refractivity contribution is -0.149. The van der Waals surface area contributed by atoms with Gasteiger partial charge in [0.05, 0.1) is 13.0 Å². The van der Waals surface area contributed by atoms with Crippen LogP contribution in [0.15, 0.2) is 0 Å². The molecule has 120 valence electrons. The van der Waals surface area contributed by atoms with Gasteiger partial charge in [0.15, 0.2) is 0 Å². The van der Waals surface area contributed by atoms with Crippen LogP contribution in [0.2, 0.25) is 0 Å². The van der Waals surface area contributed by atoms with Gasteiger partial charge in [0.1, 0.15) is 0 Å². The number of carbonyl (C=O) groups is 2. The molecule has 0 spiro atoms. The Hall–Kier alpha value is -1.10. The van der Waals surface area contributed by atoms with Crippen LogP contribution in [0.3, 0.4) is 0 Å². The monoisotopic (exact) mass is 296 g/mol. The maximum absolute atomic E-state index is 12.3. The second kappa shape index (κ2) is 7.78. The van der Waals surface area contributed by atoms with Crippen LogP contribution >= 0.6 is 0 Å². The number of rotatable bonds is 5. The van der Waals surface area contributed by atoms with E-state index in [9.17, 15) is 9.59 Å². The molecule has 1 heterocycles. The Balaban J connectivity index is 1.70. The average molecular weight is 296 g/mol. The number of carbonyl (C=O) groups excluding carboxylic acids is 2. The van der Waals surface area contributed by atoms with E-state index in [0.29, 0.717) is 25.6 Å². The third-order valence-electron chi connectivity index (χ3n) is 4.74. The first-order chi connectivity index (χ1) is 10.1. The van der Waals surface area contributed by atoms with Gasteiger partial charge in [0.25, 0.3) is 0 Å². The highest BCUT2D eigenvalue weighted by atomic mass is 16.5. The molecule has 1 amide bonds. The quantitative estimate of drug-likeness (QED) is 0.785. The van der Waals surface area contributed by atoms with Crippen molar-refractivity contribution in [3.8, 4) is 0 Å². The maximum Gasteiger partial charge on any atom is 0.308 e. The Labute approximate surface area is 127 Å². The molecule has 0 aromatic heterocycles. The summed E-state index contributed by atoms with van der Waals surface area (Å²) in [5, 5.41) is 3.56. The van der Waals surface area contributed by atoms with Crippen molar-refractivity contribution in [3.05, 3.63) is 0 Å². The lowest BCUT2D eigenvalue weighted by atomic mass is 9.96. The summed E-state index contributed by atoms with van der Waals surface area (Å²) >= 11 is 0. The molecule has 2 fully saturated rings. The molecule has 2 rings (SSSR count). The molecule has 1 saturated heterocycles. The number of nitrogens with zero attached hydrogens (tertiary/aromatic N) is 1. The molecule has 0 radical (unpaired) electrons. The summed E-state index contributed by atoms with van der Waals surface area (Å²) < 4.78 is 4.77. The second-order valence-corrected chi connectivity index (χ2v) is 6.43. The normalized spacial score (nSPS) is 22.3. The number of hydrogen-bond donors (Lipinski definition) is 1. The molecule has 1 saturated carbocycles. The fourth-order valence-corrected chi connectivity index (χ4v) is 3.48. The zero-order chi connectivity index (χ0) is 15.2. The van der Waals surface area contributed by atoms with Crippen LogP contribution in [0.1, 0.15) is 51.9 Å². The van der Waals surface area contributed by atoms with E-state index in [-0.39, 0.29) is 23.8 Å². The van der Waals surface area contributed by atoms with Gasteiger partial charge in [0.2, 0.25) is 5.91 Å². The van der Waals surface area contributed by atoms with Crippen LogP contribution in [0.4, 0.5) is 0 Å². The molecule has 1 aliphatic heterocycles. The third-order valence-corrected chi connectivity index (χ3v) is 4.74. The Morgan fingerprint density at radius 1 is 1.19 bits per heavy atom. The number of methoxy groups -OCH3 is 1. The van der Waals surface area contributed by atoms with Crippen LogP contribution < -0.4 is 5.32 Å². The summed E-state index contributed by atoms with van der Waals surface area (Å²) in [6.45, 7) is 3.45. The van der Waals surface area contributed by atoms with Crippen molar-refractivity contribution in [2.24, 2.45) is 5.92 Å². The molecule has 1 atom stereocenters. The summed E-state index contributed by atoms with van der Waals surface area (Å²) in [5.41, 5.74) is 0. The highest BCUT2D eigenvalue weighted by Crippen LogP contribution is 2.21. The van der Waals surface area contributed by atoms with Crippen LogP contribution in [-0.2, 0) is 14.3 Å². The SMILES string of the molecule is COC(=O)C1CCN(C(=O)C[C@@H](C)NC2CCCC2)CC1. The Morgan fingerprint density at radius 2 is 1.81 bits per heavy atom. The van der Waals surface area contributed by atoms with Gasteiger partial charge < -0.3 is 15.0 Å². The van der Waals surface area contributed by atoms with Crippen molar-refractivity contribution in [2.75, 3.05) is 20.2 Å². The number of piperidine rings is 1. The number of amides is 1. The lowest BCUT2D eigenvalue weighted by Gasteiger charge is -2.31. The highest BCUT2D eigenvalue weighted by molar-refractivity contribution is 5.77. The minimum atomic E-state index is -0.140. The average Bonchev–Trinajstić information content (AvgIpc) is 2.99. The van der Waals surface area contributed by atoms with Gasteiger partial charge in [-0.15, -0.1) is 0 Å². The summed E-state index contributed by atoms with van der Waals surface area (Å²) in [6, 6.07) is 0.830. The first-order valence-corrected chi connectivity index (χ1v) is 8.21. The molecule has 0 unspecified atom stereocenters. The highest BCUT2D eigenvalue weighted by Gasteiger charge is 2.28. The molecule has 5 heteroatoms. The van der Waals surface area contributed by atoms with Gasteiger partial charge in [-0.2, -0.15) is 0 Å². The minimum absolute atomic E-state index is 0.0342. The summed E-state index contributed by atoms with van der Waals surface area (Å²) in [6.07, 6.45) is 7.09. The number of likely N-dealkylation sites (tertiary alicyclic amines) is 1. The van der Waals surface area contributed by atoms with Crippen LogP contribution in [0.5, 0.6) is 0 Å². The zero-order valence-corrected chi connectivity index (χ0v) is 13.3. The van der Waals surface area contributed by atoms with E-state index in [4.69, 9.17) is 4.74 Å². The fourth-order valence-electron chi connectivity index (χ4n) is 3.48. The van der Waals surface area contributed by atoms with Gasteiger partial charge in [-0.1, -0.05) is 12.8 Å². The number of hydrogen-bond acceptors (Lipinski definition) is 4. The van der Waals surface area contributed by atoms with E-state index in [2.05, 4.69) is 12.2 Å². The second-order valence-electron chi connectivity index (χ2n) is 6.43. The van der Waals surface area contributed by atoms with Crippen molar-refractivity contribution in [1.82, 2.24) is 10.2 Å². The van der Waals surface area contributed by atoms with Crippen molar-refractivity contribution in [3.63, 3.8) is 0 Å². The molecule has 0 aromatic rings. The van der Waals surface area contributed by atoms with E-state index in [0.717, 1.165) is 12.8 Å². The maximum atomic E-state index is 12.3. The number of esters is 1. The van der Waals surface area contributed by atoms with Gasteiger partial charge in [-0.05, 0) is 32.6 Å². The molecule has 1 aliphatic carbocycles. The summed E-state index contributed by atoms with van der Waals surface area (Å²) in [4.78, 5) is 25.7. The largest absolute Gasteiger partial charge is 0.469 e. The summed E-state index contributed by atoms with van der Waals surface area (Å²) in [5.74, 6) is 0.0303. The Bertz CT molecular complexity index is 359. The van der Waals surface area contributed by atoms with E-state index in [1.165, 1.54) is 32.8 Å². The topological polar surface area (TPSA) is 58.6 Å². The van der Waals surface area contributed by atoms with Gasteiger partial charge in [-0.3, -0.25) is 9.59 Å². The number of nitrogens with one attached hydrogen (secondary N) is 1. The third kappa shape index (κ3) is 4.70. The lowest BCUT2D eigenvalue weighted by Crippen LogP contribution is -2.44. The molecule has 1 N–H and O–H groups in total. The van der Waals surface area contributed by atoms with Crippen LogP contribution in [0, 0.1) is 5.92 Å². The van der Waals surface area contributed by atoms with Crippen molar-refractivity contribution < 1.29 is 14.3 Å². The standard InChI is InChI=1S/C16H28N2O3/c1-12(17-14-5-3-4-6-14)11-15(19)18-9-7-13(8-10-18)16(20)21-2/h12-14,17H,3-11H2,1-2H3/t12-/m1/s1. The van der Waals surface area contributed by atoms with Gasteiger partial charge >= 0.3 is 5.97 Å². The fraction of sp³-hybridized carbons (Fsp3) is 0.875. The van der Waals surface area contributed by atoms with E-state index < -0.39 is 0 Å². The smallest absolute Gasteiger partial charge is 0.308 e. The molecular formula is C16H28N2O3. The van der Waals surface area contributed by atoms with Gasteiger partial charge in [-0.25, -0.2) is 0 Å². The molecular weight excluding hydrogens is 268 g/mol. The zero-order valence-electron chi connectivity index (χ0n) is 13.3. The number of ether oxygens (including phenoxy) is 1. The first-order valence-electron chi connectivity index (χ1n) is 8.21. The molecule has 0 bridgehead atoms. The van der Waals surface area contributed by atoms with Crippen molar-refractivity contribution >= 4 is 11.9 Å². The first kappa shape index (κ1) is 16.3. The van der Waals surface area contributed by atoms with Crippen LogP contribution in [0.25, 0.3) is 0 Å². The molecule has 21 heavy (non-hydrogen) atoms. The van der Waals surface area contributed by atoms with Crippen molar-refractivity contribution in [2.45, 2.75) is 64.0 Å². The van der Waals surface area contributed by atoms with E-state index in [1.807, 2.05) is 4.90 Å². The van der Waals surface area contributed by atoms with Gasteiger partial charge in [0, 0.05) is 31.6 Å². The van der Waals surface area contributed by atoms with E-state index in [1.54, 1.807) is 0 Å².